The van der Waals surface area contributed by atoms with E-state index in [0.717, 1.165) is 36.1 Å². The van der Waals surface area contributed by atoms with E-state index in [1.165, 1.54) is 54.6 Å². The number of amides is 16. The van der Waals surface area contributed by atoms with Gasteiger partial charge >= 0.3 is 5.97 Å². The normalized spacial score (nSPS) is 27.4. The van der Waals surface area contributed by atoms with Gasteiger partial charge < -0.3 is 126 Å². The Morgan fingerprint density at radius 1 is 0.523 bits per heavy atom. The number of primary amides is 2. The number of carbonyl (C=O) groups is 17. The third-order valence-corrected chi connectivity index (χ3v) is 26.4. The number of carboxylic acid groups (broad SMARTS) is 1. The second-order valence-corrected chi connectivity index (χ2v) is 35.7. The summed E-state index contributed by atoms with van der Waals surface area (Å²) in [6, 6.07) is -2.38. The highest BCUT2D eigenvalue weighted by molar-refractivity contribution is 8.00. The molecule has 0 spiro atoms. The number of hydrogen-bond acceptors (Lipinski definition) is 26. The molecule has 716 valence electrons. The van der Waals surface area contributed by atoms with Crippen LogP contribution in [0.2, 0.25) is 0 Å². The maximum Gasteiger partial charge on any atom is 0.305 e. The molecule has 4 saturated heterocycles. The number of likely N-dealkylation sites (N-methyl/N-ethyl adjacent to an activating group) is 2. The van der Waals surface area contributed by atoms with Gasteiger partial charge in [0.2, 0.25) is 94.5 Å². The third kappa shape index (κ3) is 27.5. The number of fused-ring (bicyclic) bond motifs is 8. The Morgan fingerprint density at radius 3 is 1.75 bits per heavy atom. The van der Waals surface area contributed by atoms with E-state index in [0.29, 0.717) is 84.3 Å². The third-order valence-electron chi connectivity index (χ3n) is 24.3. The van der Waals surface area contributed by atoms with Crippen LogP contribution in [0.25, 0.3) is 21.0 Å². The molecule has 24 N–H and O–H groups in total. The number of piperidine rings is 1. The summed E-state index contributed by atoms with van der Waals surface area (Å²) in [7, 11) is 2.70. The molecule has 16 amide bonds. The first-order valence-electron chi connectivity index (χ1n) is 44.2. The maximum absolute atomic E-state index is 15.8. The quantitative estimate of drug-likeness (QED) is 0.0394. The number of carbonyl (C=O) groups excluding carboxylic acids is 16. The molecule has 10 rings (SSSR count). The van der Waals surface area contributed by atoms with E-state index in [2.05, 4.69) is 58.2 Å². The predicted molar refractivity (Wildman–Crippen MR) is 483 cm³/mol. The van der Waals surface area contributed by atoms with Crippen LogP contribution in [0, 0.1) is 0 Å². The number of aromatic hydroxyl groups is 1. The average Bonchev–Trinajstić information content (AvgIpc) is 1.34. The molecule has 5 aromatic rings. The van der Waals surface area contributed by atoms with Crippen LogP contribution in [0.3, 0.4) is 0 Å². The van der Waals surface area contributed by atoms with Crippen molar-refractivity contribution in [3.8, 4) is 5.75 Å². The summed E-state index contributed by atoms with van der Waals surface area (Å²) in [6.07, 6.45) is 2.81. The molecule has 5 aliphatic rings. The van der Waals surface area contributed by atoms with Crippen molar-refractivity contribution in [3.63, 3.8) is 0 Å². The van der Waals surface area contributed by atoms with Gasteiger partial charge in [0, 0.05) is 100 Å². The van der Waals surface area contributed by atoms with E-state index in [1.54, 1.807) is 48.0 Å². The number of aromatic amines is 1. The largest absolute Gasteiger partial charge is 0.508 e. The molecule has 16 atom stereocenters. The fourth-order valence-corrected chi connectivity index (χ4v) is 19.0. The average molecular weight is 1870 g/mol. The van der Waals surface area contributed by atoms with Crippen molar-refractivity contribution in [2.45, 2.75) is 225 Å². The Labute approximate surface area is 769 Å². The molecular weight excluding hydrogens is 1750 g/mol. The van der Waals surface area contributed by atoms with Crippen molar-refractivity contribution in [2.24, 2.45) is 22.9 Å². The molecule has 44 heteroatoms. The lowest BCUT2D eigenvalue weighted by molar-refractivity contribution is -0.149. The number of aliphatic hydroxyl groups is 3. The molecule has 2 aromatic heterocycles. The fourth-order valence-electron chi connectivity index (χ4n) is 17.2. The predicted octanol–water partition coefficient (Wildman–Crippen LogP) is -4.05. The van der Waals surface area contributed by atoms with E-state index in [9.17, 15) is 73.5 Å². The number of phenols is 1. The topological polar surface area (TPSA) is 648 Å². The summed E-state index contributed by atoms with van der Waals surface area (Å²) in [4.78, 5) is 255. The number of H-pyrrole nitrogens is 1. The van der Waals surface area contributed by atoms with Crippen molar-refractivity contribution in [3.05, 3.63) is 113 Å². The number of nitrogens with zero attached hydrogens (tertiary/aromatic N) is 5. The van der Waals surface area contributed by atoms with Gasteiger partial charge in [-0.2, -0.15) is 0 Å². The first-order valence-corrected chi connectivity index (χ1v) is 46.3. The minimum atomic E-state index is -1.91. The number of aliphatic carboxylic acids is 1. The lowest BCUT2D eigenvalue weighted by Gasteiger charge is -2.41. The second kappa shape index (κ2) is 48.8. The number of nitrogens with two attached hydrogens (primary N) is 4. The monoisotopic (exact) mass is 1870 g/mol. The number of carboxylic acids is 1. The number of thioether (sulfide) groups is 1. The molecule has 2 unspecified atom stereocenters. The zero-order valence-corrected chi connectivity index (χ0v) is 75.2. The molecule has 5 aliphatic heterocycles. The zero-order valence-electron chi connectivity index (χ0n) is 73.5. The molecule has 4 fully saturated rings. The summed E-state index contributed by atoms with van der Waals surface area (Å²) in [6.45, 7) is -3.85. The van der Waals surface area contributed by atoms with Crippen molar-refractivity contribution >= 4 is 145 Å². The number of para-hydroxylation sites is 1. The Hall–Kier alpha value is -12.2. The van der Waals surface area contributed by atoms with Crippen LogP contribution in [0.5, 0.6) is 5.75 Å². The van der Waals surface area contributed by atoms with Crippen LogP contribution in [0.4, 0.5) is 0 Å². The number of benzene rings is 3. The summed E-state index contributed by atoms with van der Waals surface area (Å²) >= 11 is 2.13. The van der Waals surface area contributed by atoms with Gasteiger partial charge in [0.1, 0.15) is 84.5 Å². The van der Waals surface area contributed by atoms with Gasteiger partial charge in [-0.3, -0.25) is 86.4 Å². The second-order valence-electron chi connectivity index (χ2n) is 33.7. The highest BCUT2D eigenvalue weighted by atomic mass is 32.2. The molecule has 132 heavy (non-hydrogen) atoms. The highest BCUT2D eigenvalue weighted by Crippen LogP contribution is 2.31. The van der Waals surface area contributed by atoms with E-state index in [4.69, 9.17) is 22.9 Å². The van der Waals surface area contributed by atoms with Crippen LogP contribution in [0.15, 0.2) is 96.5 Å². The Kier molecular flexibility index (Phi) is 37.7. The van der Waals surface area contributed by atoms with Gasteiger partial charge in [0.05, 0.1) is 43.5 Å². The van der Waals surface area contributed by atoms with Crippen molar-refractivity contribution in [1.29, 1.82) is 0 Å². The van der Waals surface area contributed by atoms with E-state index in [1.807, 2.05) is 24.3 Å². The van der Waals surface area contributed by atoms with Gasteiger partial charge in [-0.1, -0.05) is 79.9 Å². The first kappa shape index (κ1) is 102. The van der Waals surface area contributed by atoms with Crippen molar-refractivity contribution in [2.75, 3.05) is 71.5 Å². The fraction of sp³-hybridized carbons (Fsp3) is 0.534. The summed E-state index contributed by atoms with van der Waals surface area (Å²) < 4.78 is 0.805. The standard InChI is InChI=1S/C88H120N20O22S2/c1-104-65-21-9-7-5-3-4-6-8-10-23-68(88(104)130)105(2)84(126)59(36-50-45-132-70-25-14-12-19-54(50)70)98-79(121)63(44-109)102-76(118)57(35-49-41-93-55-20-13-11-18-53(49)55)97-83(125)69-37-52(111)43-108(69)85(127)56(30-31-71(91)112)96-77(119)61(39-89)101-82(124)67-24-17-33-107(67)87(129)60(38-74(115)116)99-81(123)66-22-15-16-32-106(66)86(128)58(34-48-26-28-51(110)29-27-48)95-73(114)47-131-46-64(75(117)94-42-72(92)113)103-78(120)62(40-90)100-80(65)122/h3-4,11-14,18-20,25-29,41,45,52,56-69,86,93,109-111,128H,5-10,15-17,21-24,30-40,42-44,46-47,89-90H2,1-2H3,(H2,91,112)(H2,92,113)(H,94,117)(H,95,114)(H,96,119)(H,97,125)(H,98,121)(H,99,123)(H,100,122)(H,101,124)(H,102,118)(H,103,120)(H,115,116)/b4-3-/t52-,56+,57+,58+,59+,60+,61+,62+,63+,64+,65?,66+,67+,68+,69+,86?/m1/s1. The maximum atomic E-state index is 15.8. The summed E-state index contributed by atoms with van der Waals surface area (Å²) in [5.74, 6) is -18.2. The minimum absolute atomic E-state index is 0.000350. The van der Waals surface area contributed by atoms with Gasteiger partial charge in [-0.15, -0.1) is 23.1 Å². The number of nitrogens with one attached hydrogen (secondary N) is 11. The highest BCUT2D eigenvalue weighted by Gasteiger charge is 2.47. The van der Waals surface area contributed by atoms with Crippen LogP contribution >= 0.6 is 23.1 Å². The van der Waals surface area contributed by atoms with Gasteiger partial charge in [0.15, 0.2) is 0 Å². The van der Waals surface area contributed by atoms with Crippen molar-refractivity contribution in [1.82, 2.24) is 82.7 Å². The first-order chi connectivity index (χ1) is 63.2. The number of allylic oxidation sites excluding steroid dienone is 2. The molecule has 2 bridgehead atoms. The lowest BCUT2D eigenvalue weighted by Crippen LogP contribution is -2.63. The zero-order chi connectivity index (χ0) is 95.6. The van der Waals surface area contributed by atoms with Gasteiger partial charge in [-0.05, 0) is 129 Å². The number of thiophene rings is 1. The number of phenolic OH excluding ortho intramolecular Hbond substituents is 1. The van der Waals surface area contributed by atoms with Crippen LogP contribution in [0.1, 0.15) is 126 Å². The molecule has 0 radical (unpaired) electrons. The lowest BCUT2D eigenvalue weighted by atomic mass is 9.97. The summed E-state index contributed by atoms with van der Waals surface area (Å²) in [5, 5.41) is 84.5. The minimum Gasteiger partial charge on any atom is -0.508 e. The molecule has 0 aliphatic carbocycles. The van der Waals surface area contributed by atoms with Crippen LogP contribution in [-0.2, 0) is 101 Å². The molecular formula is C88H120N20O22S2. The SMILES string of the molecule is CN1C(=O)[C@@H]2CCCC/C=C\CCCCC1C(=O)N[C@@H](CN)C(=O)N[C@H](C(=O)NCC(N)=O)CSCC(=O)N[C@@H](Cc1ccc(O)cc1)C(O)N1CCCC[C@H]1C(=O)N[C@@H](CC(=O)O)C(=O)N1CCC[C@H]1C(=O)N[C@@H](CN)C(=O)N[C@@H](CCC(N)=O)C(=O)N1C[C@H](O)C[C@H]1C(=O)N[C@@H](Cc1c[nH]c3ccccc13)C(=O)N[C@@H](CO)C(=O)N[C@@H](Cc1csc3ccccc13)C(=O)N2C. The van der Waals surface area contributed by atoms with Crippen LogP contribution < -0.4 is 76.1 Å². The van der Waals surface area contributed by atoms with E-state index < -0.39 is 267 Å². The van der Waals surface area contributed by atoms with Crippen molar-refractivity contribution < 1.29 is 107 Å². The molecule has 7 heterocycles. The van der Waals surface area contributed by atoms with Gasteiger partial charge in [0.25, 0.3) is 0 Å². The number of aliphatic hydroxyl groups excluding tert-OH is 3. The van der Waals surface area contributed by atoms with E-state index >= 15 is 33.6 Å². The molecule has 3 aromatic carbocycles. The molecule has 0 saturated carbocycles. The van der Waals surface area contributed by atoms with E-state index in [-0.39, 0.29) is 70.2 Å². The number of hydrogen-bond donors (Lipinski definition) is 20. The Morgan fingerprint density at radius 2 is 1.08 bits per heavy atom. The smallest absolute Gasteiger partial charge is 0.305 e. The number of aromatic nitrogens is 1. The van der Waals surface area contributed by atoms with Gasteiger partial charge in [-0.25, -0.2) is 0 Å². The number of rotatable bonds is 17. The van der Waals surface area contributed by atoms with Crippen LogP contribution in [-0.4, -0.2) is 324 Å². The summed E-state index contributed by atoms with van der Waals surface area (Å²) in [5.41, 5.74) is 25.5. The Balaban J connectivity index is 1.00. The Bertz CT molecular complexity index is 5020. The molecule has 42 nitrogen and oxygen atoms in total.